The van der Waals surface area contributed by atoms with Crippen molar-refractivity contribution in [3.05, 3.63) is 0 Å². The van der Waals surface area contributed by atoms with E-state index in [0.29, 0.717) is 24.2 Å². The van der Waals surface area contributed by atoms with Gasteiger partial charge in [-0.05, 0) is 38.5 Å². The maximum atomic E-state index is 12.5. The molecule has 1 atom stereocenters. The number of Topliss-reactive ketones (excluding diaryl/α,β-unsaturated/α-hetero) is 1. The zero-order chi connectivity index (χ0) is 12.1. The third-order valence-corrected chi connectivity index (χ3v) is 4.46. The first-order valence-corrected chi connectivity index (χ1v) is 7.48. The van der Waals surface area contributed by atoms with Crippen LogP contribution in [0.5, 0.6) is 0 Å². The minimum absolute atomic E-state index is 0.0802. The van der Waals surface area contributed by atoms with Gasteiger partial charge in [0.2, 0.25) is 0 Å². The van der Waals surface area contributed by atoms with Crippen LogP contribution in [0.1, 0.15) is 64.7 Å². The minimum Gasteiger partial charge on any atom is -0.370 e. The molecule has 2 nitrogen and oxygen atoms in total. The number of ether oxygens (including phenoxy) is 1. The Hall–Kier alpha value is -0.370. The van der Waals surface area contributed by atoms with Gasteiger partial charge in [0.05, 0.1) is 0 Å². The van der Waals surface area contributed by atoms with Gasteiger partial charge in [-0.25, -0.2) is 0 Å². The van der Waals surface area contributed by atoms with Crippen LogP contribution in [0.15, 0.2) is 0 Å². The molecule has 2 aliphatic rings. The molecule has 0 saturated heterocycles. The van der Waals surface area contributed by atoms with Gasteiger partial charge in [-0.1, -0.05) is 32.1 Å². The number of hydrogen-bond donors (Lipinski definition) is 0. The number of rotatable bonds is 5. The Balaban J connectivity index is 1.96. The van der Waals surface area contributed by atoms with E-state index in [1.54, 1.807) is 0 Å². The molecule has 0 aromatic heterocycles. The van der Waals surface area contributed by atoms with Gasteiger partial charge < -0.3 is 4.74 Å². The van der Waals surface area contributed by atoms with Gasteiger partial charge >= 0.3 is 0 Å². The molecule has 0 aromatic carbocycles. The summed E-state index contributed by atoms with van der Waals surface area (Å²) in [6, 6.07) is 0. The van der Waals surface area contributed by atoms with Crippen LogP contribution in [0.2, 0.25) is 0 Å². The van der Waals surface area contributed by atoms with E-state index in [0.717, 1.165) is 12.8 Å². The van der Waals surface area contributed by atoms with Gasteiger partial charge in [-0.15, -0.1) is 0 Å². The average Bonchev–Trinajstić information content (AvgIpc) is 2.90. The molecule has 17 heavy (non-hydrogen) atoms. The normalized spacial score (nSPS) is 25.0. The standard InChI is InChI=1S/C15H26O2/c1-2-17-15(13-10-4-3-5-11-13)14(16)12-8-6-7-9-12/h12-13,15H,2-11H2,1H3. The lowest BCUT2D eigenvalue weighted by molar-refractivity contribution is -0.138. The summed E-state index contributed by atoms with van der Waals surface area (Å²) >= 11 is 0. The van der Waals surface area contributed by atoms with Crippen LogP contribution in [-0.2, 0) is 9.53 Å². The highest BCUT2D eigenvalue weighted by Gasteiger charge is 2.35. The molecule has 98 valence electrons. The van der Waals surface area contributed by atoms with E-state index in [9.17, 15) is 4.79 Å². The first-order valence-electron chi connectivity index (χ1n) is 7.48. The fourth-order valence-electron chi connectivity index (χ4n) is 3.51. The van der Waals surface area contributed by atoms with Gasteiger partial charge in [-0.2, -0.15) is 0 Å². The lowest BCUT2D eigenvalue weighted by Gasteiger charge is -2.30. The molecule has 2 heteroatoms. The first-order chi connectivity index (χ1) is 8.33. The highest BCUT2D eigenvalue weighted by molar-refractivity contribution is 5.86. The van der Waals surface area contributed by atoms with E-state index in [1.807, 2.05) is 6.92 Å². The molecule has 0 aliphatic heterocycles. The summed E-state index contributed by atoms with van der Waals surface area (Å²) in [7, 11) is 0. The smallest absolute Gasteiger partial charge is 0.164 e. The monoisotopic (exact) mass is 238 g/mol. The molecule has 0 N–H and O–H groups in total. The van der Waals surface area contributed by atoms with E-state index in [-0.39, 0.29) is 6.10 Å². The summed E-state index contributed by atoms with van der Waals surface area (Å²) in [4.78, 5) is 12.5. The van der Waals surface area contributed by atoms with Crippen LogP contribution in [0.25, 0.3) is 0 Å². The number of hydrogen-bond acceptors (Lipinski definition) is 2. The van der Waals surface area contributed by atoms with E-state index in [1.165, 1.54) is 44.9 Å². The van der Waals surface area contributed by atoms with Crippen LogP contribution in [0, 0.1) is 11.8 Å². The second-order valence-corrected chi connectivity index (χ2v) is 5.66. The summed E-state index contributed by atoms with van der Waals surface area (Å²) in [5.74, 6) is 1.25. The highest BCUT2D eigenvalue weighted by Crippen LogP contribution is 2.33. The van der Waals surface area contributed by atoms with Crippen molar-refractivity contribution in [1.29, 1.82) is 0 Å². The molecule has 2 fully saturated rings. The molecule has 0 radical (unpaired) electrons. The Bertz CT molecular complexity index is 237. The summed E-state index contributed by atoms with van der Waals surface area (Å²) < 4.78 is 5.81. The van der Waals surface area contributed by atoms with Crippen LogP contribution in [-0.4, -0.2) is 18.5 Å². The molecule has 0 amide bonds. The third-order valence-electron chi connectivity index (χ3n) is 4.46. The predicted molar refractivity (Wildman–Crippen MR) is 69.0 cm³/mol. The molecule has 0 bridgehead atoms. The number of carbonyl (C=O) groups is 1. The molecule has 1 unspecified atom stereocenters. The van der Waals surface area contributed by atoms with Gasteiger partial charge in [0, 0.05) is 12.5 Å². The van der Waals surface area contributed by atoms with Crippen molar-refractivity contribution in [2.45, 2.75) is 70.8 Å². The highest BCUT2D eigenvalue weighted by atomic mass is 16.5. The van der Waals surface area contributed by atoms with E-state index < -0.39 is 0 Å². The van der Waals surface area contributed by atoms with Crippen molar-refractivity contribution in [3.63, 3.8) is 0 Å². The maximum absolute atomic E-state index is 12.5. The largest absolute Gasteiger partial charge is 0.370 e. The summed E-state index contributed by atoms with van der Waals surface area (Å²) in [6.07, 6.45) is 10.9. The molecule has 2 rings (SSSR count). The zero-order valence-electron chi connectivity index (χ0n) is 11.1. The number of ketones is 1. The van der Waals surface area contributed by atoms with Gasteiger partial charge in [0.25, 0.3) is 0 Å². The van der Waals surface area contributed by atoms with Crippen molar-refractivity contribution in [2.24, 2.45) is 11.8 Å². The second-order valence-electron chi connectivity index (χ2n) is 5.66. The summed E-state index contributed by atoms with van der Waals surface area (Å²) in [5.41, 5.74) is 0. The van der Waals surface area contributed by atoms with E-state index in [2.05, 4.69) is 0 Å². The fourth-order valence-corrected chi connectivity index (χ4v) is 3.51. The zero-order valence-corrected chi connectivity index (χ0v) is 11.1. The topological polar surface area (TPSA) is 26.3 Å². The molecular formula is C15H26O2. The van der Waals surface area contributed by atoms with Crippen molar-refractivity contribution in [1.82, 2.24) is 0 Å². The quantitative estimate of drug-likeness (QED) is 0.729. The fraction of sp³-hybridized carbons (Fsp3) is 0.933. The van der Waals surface area contributed by atoms with Gasteiger partial charge in [0.1, 0.15) is 6.10 Å². The van der Waals surface area contributed by atoms with Crippen molar-refractivity contribution in [3.8, 4) is 0 Å². The lowest BCUT2D eigenvalue weighted by atomic mass is 9.81. The van der Waals surface area contributed by atoms with Crippen LogP contribution in [0.4, 0.5) is 0 Å². The third kappa shape index (κ3) is 3.31. The van der Waals surface area contributed by atoms with Gasteiger partial charge in [0.15, 0.2) is 5.78 Å². The van der Waals surface area contributed by atoms with Crippen LogP contribution in [0.3, 0.4) is 0 Å². The SMILES string of the molecule is CCOC(C(=O)C1CCCC1)C1CCCCC1. The Morgan fingerprint density at radius 2 is 1.65 bits per heavy atom. The summed E-state index contributed by atoms with van der Waals surface area (Å²) in [6.45, 7) is 2.69. The second kappa shape index (κ2) is 6.53. The Labute approximate surface area is 105 Å². The Morgan fingerprint density at radius 1 is 1.06 bits per heavy atom. The molecule has 0 spiro atoms. The summed E-state index contributed by atoms with van der Waals surface area (Å²) in [5, 5.41) is 0. The van der Waals surface area contributed by atoms with Crippen molar-refractivity contribution >= 4 is 5.78 Å². The van der Waals surface area contributed by atoms with Crippen LogP contribution < -0.4 is 0 Å². The van der Waals surface area contributed by atoms with E-state index >= 15 is 0 Å². The van der Waals surface area contributed by atoms with Crippen molar-refractivity contribution in [2.75, 3.05) is 6.61 Å². The van der Waals surface area contributed by atoms with Gasteiger partial charge in [-0.3, -0.25) is 4.79 Å². The molecular weight excluding hydrogens is 212 g/mol. The molecule has 0 heterocycles. The average molecular weight is 238 g/mol. The van der Waals surface area contributed by atoms with Crippen molar-refractivity contribution < 1.29 is 9.53 Å². The predicted octanol–water partition coefficient (Wildman–Crippen LogP) is 3.73. The molecule has 0 aromatic rings. The lowest BCUT2D eigenvalue weighted by Crippen LogP contribution is -2.37. The molecule has 2 aliphatic carbocycles. The maximum Gasteiger partial charge on any atom is 0.164 e. The van der Waals surface area contributed by atoms with E-state index in [4.69, 9.17) is 4.74 Å². The first kappa shape index (κ1) is 13.1. The minimum atomic E-state index is -0.0802. The number of carbonyl (C=O) groups excluding carboxylic acids is 1. The Kier molecular flexibility index (Phi) is 5.02. The van der Waals surface area contributed by atoms with Crippen LogP contribution >= 0.6 is 0 Å². The molecule has 2 saturated carbocycles. The Morgan fingerprint density at radius 3 is 2.24 bits per heavy atom.